The Morgan fingerprint density at radius 3 is 1.34 bits per heavy atom. The number of ether oxygens (including phenoxy) is 1. The number of nitrogens with one attached hydrogen (secondary N) is 1. The van der Waals surface area contributed by atoms with Gasteiger partial charge in [-0.2, -0.15) is 0 Å². The summed E-state index contributed by atoms with van der Waals surface area (Å²) in [6, 6.07) is -0.738. The van der Waals surface area contributed by atoms with Gasteiger partial charge in [0.2, 0.25) is 5.91 Å². The maximum atomic E-state index is 13.2. The molecule has 3 unspecified atom stereocenters. The van der Waals surface area contributed by atoms with Gasteiger partial charge >= 0.3 is 5.97 Å². The van der Waals surface area contributed by atoms with Crippen molar-refractivity contribution >= 4 is 11.9 Å². The van der Waals surface area contributed by atoms with Crippen molar-refractivity contribution in [3.63, 3.8) is 0 Å². The Balaban J connectivity index is 4.77. The van der Waals surface area contributed by atoms with Crippen molar-refractivity contribution in [2.75, 3.05) is 6.61 Å². The molecule has 6 nitrogen and oxygen atoms in total. The number of hydrogen-bond donors (Lipinski definition) is 3. The highest BCUT2D eigenvalue weighted by molar-refractivity contribution is 5.77. The zero-order valence-electron chi connectivity index (χ0n) is 39.8. The quantitative estimate of drug-likeness (QED) is 0.0322. The van der Waals surface area contributed by atoms with Crippen LogP contribution in [-0.2, 0) is 14.3 Å². The summed E-state index contributed by atoms with van der Waals surface area (Å²) in [4.78, 5) is 26.1. The SMILES string of the molecule is CCCCC/C=C\C/C=C\C/C=C\C/C=C\CC(CC(=O)NC(CO)C(O)CCCCCCCCCCCC)OC(=O)CCCCCC/C=C\C/C=C\C/C=C\CCCCC. The van der Waals surface area contributed by atoms with Crippen LogP contribution in [0.15, 0.2) is 85.1 Å². The monoisotopic (exact) mass is 850 g/mol. The summed E-state index contributed by atoms with van der Waals surface area (Å²) >= 11 is 0. The molecule has 0 aromatic rings. The van der Waals surface area contributed by atoms with E-state index in [0.717, 1.165) is 83.5 Å². The smallest absolute Gasteiger partial charge is 0.306 e. The molecule has 0 fully saturated rings. The second kappa shape index (κ2) is 48.1. The summed E-state index contributed by atoms with van der Waals surface area (Å²) in [6.07, 6.45) is 62.2. The molecule has 0 aliphatic carbocycles. The molecule has 0 aromatic carbocycles. The minimum Gasteiger partial charge on any atom is -0.461 e. The van der Waals surface area contributed by atoms with Gasteiger partial charge in [-0.25, -0.2) is 0 Å². The molecule has 0 spiro atoms. The van der Waals surface area contributed by atoms with Gasteiger partial charge in [0.1, 0.15) is 6.10 Å². The molecule has 0 rings (SSSR count). The summed E-state index contributed by atoms with van der Waals surface area (Å²) in [6.45, 7) is 6.37. The van der Waals surface area contributed by atoms with Crippen LogP contribution in [0.1, 0.15) is 226 Å². The minimum absolute atomic E-state index is 0.0114. The second-order valence-electron chi connectivity index (χ2n) is 16.9. The lowest BCUT2D eigenvalue weighted by molar-refractivity contribution is -0.150. The van der Waals surface area contributed by atoms with E-state index in [4.69, 9.17) is 4.74 Å². The molecule has 3 N–H and O–H groups in total. The molecule has 0 aliphatic rings. The van der Waals surface area contributed by atoms with Gasteiger partial charge in [0.25, 0.3) is 0 Å². The van der Waals surface area contributed by atoms with E-state index in [0.29, 0.717) is 19.3 Å². The first-order chi connectivity index (χ1) is 30.0. The average molecular weight is 850 g/mol. The Bertz CT molecular complexity index is 1180. The maximum absolute atomic E-state index is 13.2. The molecule has 3 atom stereocenters. The molecule has 0 aromatic heterocycles. The van der Waals surface area contributed by atoms with E-state index >= 15 is 0 Å². The Hall–Kier alpha value is -2.96. The molecule has 0 aliphatic heterocycles. The van der Waals surface area contributed by atoms with Gasteiger partial charge in [-0.05, 0) is 83.5 Å². The number of rotatable bonds is 44. The van der Waals surface area contributed by atoms with E-state index in [1.54, 1.807) is 0 Å². The van der Waals surface area contributed by atoms with Crippen molar-refractivity contribution in [3.05, 3.63) is 85.1 Å². The summed E-state index contributed by atoms with van der Waals surface area (Å²) in [5.41, 5.74) is 0. The van der Waals surface area contributed by atoms with Crippen LogP contribution in [0.2, 0.25) is 0 Å². The number of amides is 1. The molecule has 0 saturated carbocycles. The molecule has 0 heterocycles. The van der Waals surface area contributed by atoms with Crippen LogP contribution >= 0.6 is 0 Å². The standard InChI is InChI=1S/C55H95NO5/c1-4-7-10-13-16-19-22-24-26-27-29-31-33-36-39-42-45-48-55(60)61-51(46-43-40-37-34-32-30-28-25-23-20-17-14-11-8-5-2)49-54(59)56-52(50-57)53(58)47-44-41-38-35-21-18-15-12-9-6-3/h16-17,19-20,24-26,28-29,31-32,34,40,43,51-53,57-58H,4-15,18,21-23,27,30,33,35-39,41-42,44-50H2,1-3H3,(H,56,59)/b19-16-,20-17-,26-24-,28-25-,31-29-,34-32-,43-40-. The molecular weight excluding hydrogens is 755 g/mol. The number of carbonyl (C=O) groups is 2. The second-order valence-corrected chi connectivity index (χ2v) is 16.9. The lowest BCUT2D eigenvalue weighted by Crippen LogP contribution is -2.46. The molecule has 61 heavy (non-hydrogen) atoms. The van der Waals surface area contributed by atoms with Crippen LogP contribution in [0.3, 0.4) is 0 Å². The molecule has 0 bridgehead atoms. The Morgan fingerprint density at radius 2 is 0.869 bits per heavy atom. The normalized spacial score (nSPS) is 14.0. The fourth-order valence-corrected chi connectivity index (χ4v) is 7.06. The predicted molar refractivity (Wildman–Crippen MR) is 264 cm³/mol. The Morgan fingerprint density at radius 1 is 0.492 bits per heavy atom. The third-order valence-electron chi connectivity index (χ3n) is 10.9. The first-order valence-electron chi connectivity index (χ1n) is 25.3. The minimum atomic E-state index is -0.817. The number of carbonyl (C=O) groups excluding carboxylic acids is 2. The van der Waals surface area contributed by atoms with Gasteiger partial charge in [0, 0.05) is 12.8 Å². The zero-order valence-corrected chi connectivity index (χ0v) is 39.8. The highest BCUT2D eigenvalue weighted by atomic mass is 16.5. The number of hydrogen-bond acceptors (Lipinski definition) is 5. The van der Waals surface area contributed by atoms with Crippen molar-refractivity contribution in [1.82, 2.24) is 5.32 Å². The van der Waals surface area contributed by atoms with Crippen molar-refractivity contribution in [1.29, 1.82) is 0 Å². The summed E-state index contributed by atoms with van der Waals surface area (Å²) in [5.74, 6) is -0.607. The first-order valence-corrected chi connectivity index (χ1v) is 25.3. The van der Waals surface area contributed by atoms with Crippen LogP contribution in [0.5, 0.6) is 0 Å². The predicted octanol–water partition coefficient (Wildman–Crippen LogP) is 15.2. The molecule has 350 valence electrons. The van der Waals surface area contributed by atoms with E-state index < -0.39 is 18.2 Å². The molecule has 6 heteroatoms. The Kier molecular flexibility index (Phi) is 45.7. The highest BCUT2D eigenvalue weighted by Crippen LogP contribution is 2.15. The number of aliphatic hydroxyl groups is 2. The van der Waals surface area contributed by atoms with E-state index in [-0.39, 0.29) is 24.9 Å². The van der Waals surface area contributed by atoms with Gasteiger partial charge in [-0.1, -0.05) is 209 Å². The van der Waals surface area contributed by atoms with Crippen LogP contribution in [0.4, 0.5) is 0 Å². The zero-order chi connectivity index (χ0) is 44.5. The third-order valence-corrected chi connectivity index (χ3v) is 10.9. The van der Waals surface area contributed by atoms with Crippen LogP contribution in [0.25, 0.3) is 0 Å². The highest BCUT2D eigenvalue weighted by Gasteiger charge is 2.23. The summed E-state index contributed by atoms with van der Waals surface area (Å²) < 4.78 is 5.85. The first kappa shape index (κ1) is 58.0. The lowest BCUT2D eigenvalue weighted by atomic mass is 10.0. The fourth-order valence-electron chi connectivity index (χ4n) is 7.06. The van der Waals surface area contributed by atoms with Gasteiger partial charge < -0.3 is 20.3 Å². The topological polar surface area (TPSA) is 95.9 Å². The van der Waals surface area contributed by atoms with Gasteiger partial charge in [-0.15, -0.1) is 0 Å². The number of allylic oxidation sites excluding steroid dienone is 13. The average Bonchev–Trinajstić information content (AvgIpc) is 3.25. The van der Waals surface area contributed by atoms with Gasteiger partial charge in [-0.3, -0.25) is 9.59 Å². The maximum Gasteiger partial charge on any atom is 0.306 e. The van der Waals surface area contributed by atoms with Crippen molar-refractivity contribution in [2.45, 2.75) is 244 Å². The third kappa shape index (κ3) is 43.5. The Labute approximate surface area is 376 Å². The van der Waals surface area contributed by atoms with Gasteiger partial charge in [0.05, 0.1) is 25.2 Å². The molecule has 1 amide bonds. The van der Waals surface area contributed by atoms with Crippen LogP contribution in [0, 0.1) is 0 Å². The van der Waals surface area contributed by atoms with E-state index in [1.807, 2.05) is 12.2 Å². The fraction of sp³-hybridized carbons (Fsp3) is 0.709. The van der Waals surface area contributed by atoms with Crippen molar-refractivity contribution in [3.8, 4) is 0 Å². The van der Waals surface area contributed by atoms with Crippen LogP contribution < -0.4 is 5.32 Å². The number of esters is 1. The largest absolute Gasteiger partial charge is 0.461 e. The summed E-state index contributed by atoms with van der Waals surface area (Å²) in [7, 11) is 0. The van der Waals surface area contributed by atoms with Gasteiger partial charge in [0.15, 0.2) is 0 Å². The molecule has 0 radical (unpaired) electrons. The van der Waals surface area contributed by atoms with Crippen LogP contribution in [-0.4, -0.2) is 46.9 Å². The van der Waals surface area contributed by atoms with E-state index in [1.165, 1.54) is 96.3 Å². The van der Waals surface area contributed by atoms with Crippen molar-refractivity contribution in [2.24, 2.45) is 0 Å². The summed E-state index contributed by atoms with van der Waals surface area (Å²) in [5, 5.41) is 23.6. The van der Waals surface area contributed by atoms with E-state index in [2.05, 4.69) is 99.0 Å². The molecular formula is C55H95NO5. The number of unbranched alkanes of at least 4 members (excludes halogenated alkanes) is 19. The number of aliphatic hydroxyl groups excluding tert-OH is 2. The lowest BCUT2D eigenvalue weighted by Gasteiger charge is -2.24. The van der Waals surface area contributed by atoms with E-state index in [9.17, 15) is 19.8 Å². The molecule has 0 saturated heterocycles. The van der Waals surface area contributed by atoms with Crippen molar-refractivity contribution < 1.29 is 24.5 Å².